The summed E-state index contributed by atoms with van der Waals surface area (Å²) in [7, 11) is 4.14. The first-order valence-electron chi connectivity index (χ1n) is 6.60. The van der Waals surface area contributed by atoms with Crippen LogP contribution in [0.2, 0.25) is 0 Å². The van der Waals surface area contributed by atoms with Crippen LogP contribution in [-0.4, -0.2) is 37.1 Å². The van der Waals surface area contributed by atoms with Crippen molar-refractivity contribution in [2.75, 3.05) is 27.2 Å². The summed E-state index contributed by atoms with van der Waals surface area (Å²) < 4.78 is 5.67. The highest BCUT2D eigenvalue weighted by molar-refractivity contribution is 5.16. The molecule has 0 unspecified atom stereocenters. The highest BCUT2D eigenvalue weighted by Gasteiger charge is 2.12. The van der Waals surface area contributed by atoms with Gasteiger partial charge in [-0.05, 0) is 38.4 Å². The minimum absolute atomic E-state index is 0.260. The Morgan fingerprint density at radius 2 is 1.94 bits per heavy atom. The quantitative estimate of drug-likeness (QED) is 0.726. The lowest BCUT2D eigenvalue weighted by molar-refractivity contribution is 0.272. The van der Waals surface area contributed by atoms with E-state index in [1.807, 2.05) is 12.1 Å². The van der Waals surface area contributed by atoms with Gasteiger partial charge in [0.05, 0.1) is 6.61 Å². The van der Waals surface area contributed by atoms with Crippen molar-refractivity contribution in [1.29, 1.82) is 0 Å². The van der Waals surface area contributed by atoms with Crippen LogP contribution < -0.4 is 4.74 Å². The van der Waals surface area contributed by atoms with Crippen molar-refractivity contribution in [3.63, 3.8) is 0 Å². The Morgan fingerprint density at radius 1 is 1.22 bits per heavy atom. The van der Waals surface area contributed by atoms with E-state index in [0.717, 1.165) is 37.6 Å². The molecule has 0 fully saturated rings. The van der Waals surface area contributed by atoms with Crippen molar-refractivity contribution in [2.24, 2.45) is 5.41 Å². The predicted octanol–water partition coefficient (Wildman–Crippen LogP) is 3.00. The van der Waals surface area contributed by atoms with E-state index in [2.05, 4.69) is 50.8 Å². The standard InChI is InChI=1S/C15H26N2O/c1-15(2,3)12-13-8-6-9-14(16-13)18-11-7-10-17(4)5/h6,8-9H,7,10-12H2,1-5H3. The Kier molecular flexibility index (Phi) is 5.60. The van der Waals surface area contributed by atoms with Gasteiger partial charge in [-0.15, -0.1) is 0 Å². The second-order valence-corrected chi connectivity index (χ2v) is 6.21. The first kappa shape index (κ1) is 15.0. The van der Waals surface area contributed by atoms with Crippen LogP contribution in [0.25, 0.3) is 0 Å². The van der Waals surface area contributed by atoms with Gasteiger partial charge in [0.2, 0.25) is 5.88 Å². The van der Waals surface area contributed by atoms with E-state index in [1.54, 1.807) is 0 Å². The van der Waals surface area contributed by atoms with Gasteiger partial charge in [-0.25, -0.2) is 4.98 Å². The molecule has 0 spiro atoms. The van der Waals surface area contributed by atoms with Gasteiger partial charge < -0.3 is 9.64 Å². The van der Waals surface area contributed by atoms with Gasteiger partial charge in [0.25, 0.3) is 0 Å². The fourth-order valence-electron chi connectivity index (χ4n) is 1.74. The van der Waals surface area contributed by atoms with E-state index >= 15 is 0 Å². The highest BCUT2D eigenvalue weighted by Crippen LogP contribution is 2.20. The largest absolute Gasteiger partial charge is 0.478 e. The van der Waals surface area contributed by atoms with E-state index in [-0.39, 0.29) is 5.41 Å². The summed E-state index contributed by atoms with van der Waals surface area (Å²) >= 11 is 0. The molecular weight excluding hydrogens is 224 g/mol. The number of hydrogen-bond acceptors (Lipinski definition) is 3. The fraction of sp³-hybridized carbons (Fsp3) is 0.667. The summed E-state index contributed by atoms with van der Waals surface area (Å²) in [5.41, 5.74) is 1.36. The zero-order valence-corrected chi connectivity index (χ0v) is 12.4. The predicted molar refractivity (Wildman–Crippen MR) is 76.1 cm³/mol. The molecule has 18 heavy (non-hydrogen) atoms. The Morgan fingerprint density at radius 3 is 2.56 bits per heavy atom. The smallest absolute Gasteiger partial charge is 0.213 e. The van der Waals surface area contributed by atoms with E-state index in [9.17, 15) is 0 Å². The molecule has 0 aromatic carbocycles. The molecule has 0 saturated heterocycles. The molecule has 0 N–H and O–H groups in total. The van der Waals surface area contributed by atoms with Crippen LogP contribution in [0.4, 0.5) is 0 Å². The van der Waals surface area contributed by atoms with Crippen LogP contribution >= 0.6 is 0 Å². The Hall–Kier alpha value is -1.09. The maximum atomic E-state index is 5.67. The molecule has 1 aromatic heterocycles. The van der Waals surface area contributed by atoms with Crippen molar-refractivity contribution < 1.29 is 4.74 Å². The second-order valence-electron chi connectivity index (χ2n) is 6.21. The third-order valence-electron chi connectivity index (χ3n) is 2.49. The lowest BCUT2D eigenvalue weighted by atomic mass is 9.90. The molecule has 0 aliphatic carbocycles. The van der Waals surface area contributed by atoms with Crippen molar-refractivity contribution in [3.8, 4) is 5.88 Å². The summed E-state index contributed by atoms with van der Waals surface area (Å²) in [6, 6.07) is 6.02. The molecule has 0 aliphatic rings. The molecule has 1 heterocycles. The minimum atomic E-state index is 0.260. The minimum Gasteiger partial charge on any atom is -0.478 e. The summed E-state index contributed by atoms with van der Waals surface area (Å²) in [5.74, 6) is 0.746. The SMILES string of the molecule is CN(C)CCCOc1cccc(CC(C)(C)C)n1. The summed E-state index contributed by atoms with van der Waals surface area (Å²) in [4.78, 5) is 6.70. The monoisotopic (exact) mass is 250 g/mol. The summed E-state index contributed by atoms with van der Waals surface area (Å²) in [5, 5.41) is 0. The van der Waals surface area contributed by atoms with Crippen molar-refractivity contribution in [1.82, 2.24) is 9.88 Å². The molecule has 1 aromatic rings. The number of hydrogen-bond donors (Lipinski definition) is 0. The molecule has 0 saturated carbocycles. The van der Waals surface area contributed by atoms with Crippen LogP contribution in [0.15, 0.2) is 18.2 Å². The topological polar surface area (TPSA) is 25.4 Å². The van der Waals surface area contributed by atoms with Crippen LogP contribution in [0.3, 0.4) is 0 Å². The molecule has 102 valence electrons. The number of nitrogens with zero attached hydrogens (tertiary/aromatic N) is 2. The van der Waals surface area contributed by atoms with E-state index in [0.29, 0.717) is 0 Å². The molecular formula is C15H26N2O. The molecule has 0 aliphatic heterocycles. The van der Waals surface area contributed by atoms with Crippen molar-refractivity contribution in [2.45, 2.75) is 33.6 Å². The van der Waals surface area contributed by atoms with Gasteiger partial charge >= 0.3 is 0 Å². The normalized spacial score (nSPS) is 11.9. The van der Waals surface area contributed by atoms with Crippen LogP contribution in [0.1, 0.15) is 32.9 Å². The number of aromatic nitrogens is 1. The average Bonchev–Trinajstić information content (AvgIpc) is 2.22. The van der Waals surface area contributed by atoms with Crippen LogP contribution in [0, 0.1) is 5.41 Å². The number of ether oxygens (including phenoxy) is 1. The van der Waals surface area contributed by atoms with Crippen LogP contribution in [-0.2, 0) is 6.42 Å². The third-order valence-corrected chi connectivity index (χ3v) is 2.49. The maximum Gasteiger partial charge on any atom is 0.213 e. The van der Waals surface area contributed by atoms with Gasteiger partial charge in [0.1, 0.15) is 0 Å². The third kappa shape index (κ3) is 6.60. The van der Waals surface area contributed by atoms with Crippen molar-refractivity contribution in [3.05, 3.63) is 23.9 Å². The lowest BCUT2D eigenvalue weighted by Gasteiger charge is -2.17. The Labute approximate surface area is 111 Å². The first-order chi connectivity index (χ1) is 8.37. The number of rotatable bonds is 6. The van der Waals surface area contributed by atoms with Gasteiger partial charge in [0.15, 0.2) is 0 Å². The molecule has 1 rings (SSSR count). The fourth-order valence-corrected chi connectivity index (χ4v) is 1.74. The number of pyridine rings is 1. The molecule has 3 nitrogen and oxygen atoms in total. The first-order valence-corrected chi connectivity index (χ1v) is 6.60. The highest BCUT2D eigenvalue weighted by atomic mass is 16.5. The Bertz CT molecular complexity index is 356. The van der Waals surface area contributed by atoms with E-state index < -0.39 is 0 Å². The Balaban J connectivity index is 2.44. The van der Waals surface area contributed by atoms with Gasteiger partial charge in [-0.3, -0.25) is 0 Å². The zero-order valence-electron chi connectivity index (χ0n) is 12.4. The maximum absolute atomic E-state index is 5.67. The van der Waals surface area contributed by atoms with E-state index in [1.165, 1.54) is 0 Å². The van der Waals surface area contributed by atoms with Gasteiger partial charge in [0, 0.05) is 18.3 Å². The molecule has 0 amide bonds. The lowest BCUT2D eigenvalue weighted by Crippen LogP contribution is -2.16. The average molecular weight is 250 g/mol. The van der Waals surface area contributed by atoms with Crippen molar-refractivity contribution >= 4 is 0 Å². The summed E-state index contributed by atoms with van der Waals surface area (Å²) in [6.07, 6.45) is 2.00. The summed E-state index contributed by atoms with van der Waals surface area (Å²) in [6.45, 7) is 8.43. The van der Waals surface area contributed by atoms with Crippen LogP contribution in [0.5, 0.6) is 5.88 Å². The molecule has 0 bridgehead atoms. The molecule has 0 radical (unpaired) electrons. The molecule has 3 heteroatoms. The van der Waals surface area contributed by atoms with E-state index in [4.69, 9.17) is 4.74 Å². The second kappa shape index (κ2) is 6.74. The zero-order chi connectivity index (χ0) is 13.6. The van der Waals surface area contributed by atoms with Gasteiger partial charge in [-0.1, -0.05) is 26.8 Å². The molecule has 0 atom stereocenters. The van der Waals surface area contributed by atoms with Gasteiger partial charge in [-0.2, -0.15) is 0 Å².